The molecule has 0 amide bonds. The quantitative estimate of drug-likeness (QED) is 0.805. The highest BCUT2D eigenvalue weighted by Gasteiger charge is 2.17. The minimum absolute atomic E-state index is 0.180. The van der Waals surface area contributed by atoms with E-state index in [4.69, 9.17) is 11.5 Å². The van der Waals surface area contributed by atoms with Gasteiger partial charge in [-0.2, -0.15) is 0 Å². The Kier molecular flexibility index (Phi) is 2.71. The average molecular weight is 229 g/mol. The zero-order valence-corrected chi connectivity index (χ0v) is 8.99. The third kappa shape index (κ3) is 1.81. The van der Waals surface area contributed by atoms with Crippen molar-refractivity contribution in [3.63, 3.8) is 0 Å². The van der Waals surface area contributed by atoms with Crippen LogP contribution in [0.2, 0.25) is 0 Å². The van der Waals surface area contributed by atoms with E-state index in [-0.39, 0.29) is 4.88 Å². The van der Waals surface area contributed by atoms with Gasteiger partial charge in [-0.1, -0.05) is 41.7 Å². The van der Waals surface area contributed by atoms with Crippen molar-refractivity contribution < 1.29 is 9.90 Å². The van der Waals surface area contributed by atoms with Crippen LogP contribution in [0.1, 0.15) is 14.7 Å². The number of aromatic carboxylic acids is 1. The van der Waals surface area contributed by atoms with E-state index in [1.807, 2.05) is 30.3 Å². The lowest BCUT2D eigenvalue weighted by atomic mass is 10.1. The Bertz CT molecular complexity index is 566. The topological polar surface area (TPSA) is 50.2 Å². The summed E-state index contributed by atoms with van der Waals surface area (Å²) in [6, 6.07) is 9.13. The Hall–Kier alpha value is -2.12. The maximum atomic E-state index is 11.0. The number of carbonyl (C=O) groups is 1. The van der Waals surface area contributed by atoms with Gasteiger partial charge in [0.25, 0.3) is 0 Å². The molecule has 2 aromatic rings. The van der Waals surface area contributed by atoms with Crippen LogP contribution in [0.4, 0.5) is 0 Å². The molecule has 0 saturated heterocycles. The second-order valence-corrected chi connectivity index (χ2v) is 4.01. The molecule has 0 aliphatic carbocycles. The molecule has 0 radical (unpaired) electrons. The van der Waals surface area contributed by atoms with E-state index in [2.05, 4.69) is 10.9 Å². The summed E-state index contributed by atoms with van der Waals surface area (Å²) in [4.78, 5) is 15.3. The molecule has 0 spiro atoms. The van der Waals surface area contributed by atoms with Gasteiger partial charge in [-0.15, -0.1) is 6.42 Å². The maximum Gasteiger partial charge on any atom is 0.348 e. The van der Waals surface area contributed by atoms with Gasteiger partial charge in [0.2, 0.25) is 0 Å². The van der Waals surface area contributed by atoms with Crippen LogP contribution in [-0.2, 0) is 0 Å². The van der Waals surface area contributed by atoms with Crippen molar-refractivity contribution in [2.24, 2.45) is 0 Å². The number of benzene rings is 1. The lowest BCUT2D eigenvalue weighted by Crippen LogP contribution is -1.95. The van der Waals surface area contributed by atoms with Crippen LogP contribution in [0.3, 0.4) is 0 Å². The summed E-state index contributed by atoms with van der Waals surface area (Å²) in [5.74, 6) is 1.35. The highest BCUT2D eigenvalue weighted by atomic mass is 32.1. The smallest absolute Gasteiger partial charge is 0.348 e. The SMILES string of the molecule is C#Cc1nc(-c2ccccc2)c(C(=O)O)s1. The molecule has 0 aliphatic heterocycles. The number of terminal acetylenes is 1. The molecule has 16 heavy (non-hydrogen) atoms. The van der Waals surface area contributed by atoms with Crippen molar-refractivity contribution in [3.05, 3.63) is 40.2 Å². The third-order valence-electron chi connectivity index (χ3n) is 1.99. The van der Waals surface area contributed by atoms with Crippen molar-refractivity contribution in [1.82, 2.24) is 4.98 Å². The molecule has 0 saturated carbocycles. The van der Waals surface area contributed by atoms with Gasteiger partial charge >= 0.3 is 5.97 Å². The number of hydrogen-bond acceptors (Lipinski definition) is 3. The second kappa shape index (κ2) is 4.17. The first kappa shape index (κ1) is 10.4. The van der Waals surface area contributed by atoms with Crippen molar-refractivity contribution in [2.45, 2.75) is 0 Å². The number of thiazole rings is 1. The Morgan fingerprint density at radius 1 is 1.38 bits per heavy atom. The van der Waals surface area contributed by atoms with E-state index >= 15 is 0 Å². The summed E-state index contributed by atoms with van der Waals surface area (Å²) in [5, 5.41) is 9.42. The van der Waals surface area contributed by atoms with E-state index in [0.29, 0.717) is 10.7 Å². The number of carboxylic acid groups (broad SMARTS) is 1. The van der Waals surface area contributed by atoms with Crippen molar-refractivity contribution in [2.75, 3.05) is 0 Å². The molecule has 0 fully saturated rings. The fourth-order valence-electron chi connectivity index (χ4n) is 1.32. The standard InChI is InChI=1S/C12H7NO2S/c1-2-9-13-10(11(16-9)12(14)15)8-6-4-3-5-7-8/h1,3-7H,(H,14,15). The molecule has 1 heterocycles. The molecular formula is C12H7NO2S. The lowest BCUT2D eigenvalue weighted by molar-refractivity contribution is 0.0702. The zero-order valence-electron chi connectivity index (χ0n) is 8.18. The second-order valence-electron chi connectivity index (χ2n) is 3.01. The van der Waals surface area contributed by atoms with Crippen LogP contribution in [0, 0.1) is 12.3 Å². The number of nitrogens with zero attached hydrogens (tertiary/aromatic N) is 1. The van der Waals surface area contributed by atoms with Gasteiger partial charge in [-0.25, -0.2) is 9.78 Å². The van der Waals surface area contributed by atoms with Crippen LogP contribution < -0.4 is 0 Å². The summed E-state index contributed by atoms with van der Waals surface area (Å²) in [7, 11) is 0. The van der Waals surface area contributed by atoms with E-state index in [0.717, 1.165) is 16.9 Å². The van der Waals surface area contributed by atoms with E-state index in [9.17, 15) is 4.79 Å². The molecule has 0 unspecified atom stereocenters. The summed E-state index contributed by atoms with van der Waals surface area (Å²) in [6.45, 7) is 0. The largest absolute Gasteiger partial charge is 0.477 e. The predicted octanol–water partition coefficient (Wildman–Crippen LogP) is 2.49. The highest BCUT2D eigenvalue weighted by Crippen LogP contribution is 2.27. The molecule has 4 heteroatoms. The molecule has 0 bridgehead atoms. The molecule has 2 rings (SSSR count). The van der Waals surface area contributed by atoms with E-state index in [1.165, 1.54) is 0 Å². The minimum atomic E-state index is -1.00. The van der Waals surface area contributed by atoms with E-state index < -0.39 is 5.97 Å². The molecule has 3 nitrogen and oxygen atoms in total. The summed E-state index contributed by atoms with van der Waals surface area (Å²) in [5.41, 5.74) is 1.20. The number of aromatic nitrogens is 1. The lowest BCUT2D eigenvalue weighted by Gasteiger charge is -1.97. The van der Waals surface area contributed by atoms with Gasteiger partial charge in [0.15, 0.2) is 5.01 Å². The fourth-order valence-corrected chi connectivity index (χ4v) is 2.06. The number of carboxylic acids is 1. The maximum absolute atomic E-state index is 11.0. The monoisotopic (exact) mass is 229 g/mol. The van der Waals surface area contributed by atoms with Crippen LogP contribution in [0.15, 0.2) is 30.3 Å². The molecule has 1 aromatic heterocycles. The highest BCUT2D eigenvalue weighted by molar-refractivity contribution is 7.14. The van der Waals surface area contributed by atoms with Gasteiger partial charge in [-0.05, 0) is 5.92 Å². The van der Waals surface area contributed by atoms with Crippen LogP contribution in [-0.4, -0.2) is 16.1 Å². The Labute approximate surface area is 96.4 Å². The first-order valence-electron chi connectivity index (χ1n) is 4.48. The number of hydrogen-bond donors (Lipinski definition) is 1. The van der Waals surface area contributed by atoms with Gasteiger partial charge in [0.1, 0.15) is 4.88 Å². The van der Waals surface area contributed by atoms with Gasteiger partial charge in [-0.3, -0.25) is 0 Å². The average Bonchev–Trinajstić information content (AvgIpc) is 2.74. The summed E-state index contributed by atoms with van der Waals surface area (Å²) >= 11 is 1.02. The Balaban J connectivity index is 2.61. The molecule has 1 aromatic carbocycles. The van der Waals surface area contributed by atoms with Gasteiger partial charge in [0.05, 0.1) is 5.69 Å². The molecule has 0 aliphatic rings. The third-order valence-corrected chi connectivity index (χ3v) is 2.97. The zero-order chi connectivity index (χ0) is 11.5. The summed E-state index contributed by atoms with van der Waals surface area (Å²) < 4.78 is 0. The van der Waals surface area contributed by atoms with Crippen LogP contribution >= 0.6 is 11.3 Å². The van der Waals surface area contributed by atoms with Crippen molar-refractivity contribution in [3.8, 4) is 23.6 Å². The normalized spacial score (nSPS) is 9.69. The molecular weight excluding hydrogens is 222 g/mol. The van der Waals surface area contributed by atoms with Gasteiger partial charge in [0, 0.05) is 5.56 Å². The van der Waals surface area contributed by atoms with Crippen molar-refractivity contribution >= 4 is 17.3 Å². The van der Waals surface area contributed by atoms with Crippen molar-refractivity contribution in [1.29, 1.82) is 0 Å². The van der Waals surface area contributed by atoms with Crippen LogP contribution in [0.25, 0.3) is 11.3 Å². The van der Waals surface area contributed by atoms with Crippen LogP contribution in [0.5, 0.6) is 0 Å². The number of rotatable bonds is 2. The molecule has 0 atom stereocenters. The Morgan fingerprint density at radius 3 is 2.62 bits per heavy atom. The minimum Gasteiger partial charge on any atom is -0.477 e. The first-order valence-corrected chi connectivity index (χ1v) is 5.30. The Morgan fingerprint density at radius 2 is 2.06 bits per heavy atom. The molecule has 1 N–H and O–H groups in total. The van der Waals surface area contributed by atoms with E-state index in [1.54, 1.807) is 0 Å². The molecule has 78 valence electrons. The van der Waals surface area contributed by atoms with Gasteiger partial charge < -0.3 is 5.11 Å². The fraction of sp³-hybridized carbons (Fsp3) is 0. The first-order chi connectivity index (χ1) is 7.72. The summed E-state index contributed by atoms with van der Waals surface area (Å²) in [6.07, 6.45) is 5.22. The predicted molar refractivity (Wildman–Crippen MR) is 62.4 cm³/mol.